The fourth-order valence-electron chi connectivity index (χ4n) is 4.77. The number of halogens is 1. The Morgan fingerprint density at radius 3 is 1.76 bits per heavy atom. The van der Waals surface area contributed by atoms with Crippen molar-refractivity contribution < 1.29 is 26.6 Å². The average Bonchev–Trinajstić information content (AvgIpc) is 3.21. The fraction of sp³-hybridized carbons (Fsp3) is 0.926. The second-order valence-corrected chi connectivity index (χ2v) is 10.4. The Kier molecular flexibility index (Phi) is 20.0. The molecule has 1 rings (SSSR count). The maximum Gasteiger partial charge on any atom is 0.267 e. The molecular formula is C27H54ClN3O2. The van der Waals surface area contributed by atoms with Gasteiger partial charge in [0, 0.05) is 25.8 Å². The van der Waals surface area contributed by atoms with Gasteiger partial charge in [-0.25, -0.2) is 4.59 Å². The van der Waals surface area contributed by atoms with Crippen molar-refractivity contribution in [2.24, 2.45) is 0 Å². The molecule has 1 N–H and O–H groups in total. The first-order valence-corrected chi connectivity index (χ1v) is 13.9. The van der Waals surface area contributed by atoms with Crippen LogP contribution in [0.1, 0.15) is 129 Å². The molecule has 1 saturated heterocycles. The van der Waals surface area contributed by atoms with E-state index in [1.54, 1.807) is 0 Å². The van der Waals surface area contributed by atoms with Gasteiger partial charge in [-0.2, -0.15) is 5.01 Å². The van der Waals surface area contributed by atoms with E-state index >= 15 is 0 Å². The highest BCUT2D eigenvalue weighted by molar-refractivity contribution is 5.76. The smallest absolute Gasteiger partial charge is 0.267 e. The number of amides is 2. The van der Waals surface area contributed by atoms with Gasteiger partial charge in [0.25, 0.3) is 5.91 Å². The van der Waals surface area contributed by atoms with Crippen molar-refractivity contribution in [3.63, 3.8) is 0 Å². The summed E-state index contributed by atoms with van der Waals surface area (Å²) >= 11 is 0. The molecule has 0 spiro atoms. The van der Waals surface area contributed by atoms with Crippen LogP contribution in [0.5, 0.6) is 0 Å². The summed E-state index contributed by atoms with van der Waals surface area (Å²) in [4.78, 5) is 24.0. The molecule has 6 heteroatoms. The molecule has 0 aromatic heterocycles. The van der Waals surface area contributed by atoms with E-state index in [2.05, 4.69) is 26.3 Å². The molecule has 196 valence electrons. The van der Waals surface area contributed by atoms with Crippen LogP contribution in [-0.4, -0.2) is 55.1 Å². The molecule has 0 radical (unpaired) electrons. The van der Waals surface area contributed by atoms with Crippen molar-refractivity contribution in [2.45, 2.75) is 129 Å². The number of quaternary nitrogens is 1. The lowest BCUT2D eigenvalue weighted by molar-refractivity contribution is -0.989. The van der Waals surface area contributed by atoms with Crippen LogP contribution in [0, 0.1) is 0 Å². The summed E-state index contributed by atoms with van der Waals surface area (Å²) in [6.07, 6.45) is 23.4. The van der Waals surface area contributed by atoms with Crippen LogP contribution >= 0.6 is 0 Å². The van der Waals surface area contributed by atoms with Crippen molar-refractivity contribution in [1.82, 2.24) is 10.3 Å². The monoisotopic (exact) mass is 487 g/mol. The van der Waals surface area contributed by atoms with E-state index in [0.717, 1.165) is 32.4 Å². The molecule has 0 saturated carbocycles. The highest BCUT2D eigenvalue weighted by atomic mass is 35.5. The van der Waals surface area contributed by atoms with Gasteiger partial charge in [-0.1, -0.05) is 96.8 Å². The largest absolute Gasteiger partial charge is 1.00 e. The number of unbranched alkanes of at least 4 members (excludes halogenated alkanes) is 14. The topological polar surface area (TPSA) is 49.4 Å². The Hall–Kier alpha value is -0.810. The third kappa shape index (κ3) is 16.5. The number of nitrogens with one attached hydrogen (secondary N) is 1. The summed E-state index contributed by atoms with van der Waals surface area (Å²) in [6.45, 7) is 4.73. The predicted octanol–water partition coefficient (Wildman–Crippen LogP) is 3.37. The van der Waals surface area contributed by atoms with Gasteiger partial charge in [-0.3, -0.25) is 9.59 Å². The maximum atomic E-state index is 12.0. The summed E-state index contributed by atoms with van der Waals surface area (Å²) in [5, 5.41) is 5.01. The lowest BCUT2D eigenvalue weighted by atomic mass is 10.0. The highest BCUT2D eigenvalue weighted by Crippen LogP contribution is 2.17. The zero-order valence-electron chi connectivity index (χ0n) is 22.1. The van der Waals surface area contributed by atoms with E-state index in [-0.39, 0.29) is 24.2 Å². The first-order valence-electron chi connectivity index (χ1n) is 13.9. The molecule has 0 atom stereocenters. The molecule has 0 aromatic rings. The number of hydrogen-bond acceptors (Lipinski definition) is 2. The van der Waals surface area contributed by atoms with Crippen molar-refractivity contribution in [2.75, 3.05) is 33.7 Å². The lowest BCUT2D eigenvalue weighted by Gasteiger charge is -2.37. The first-order chi connectivity index (χ1) is 15.5. The predicted molar refractivity (Wildman–Crippen MR) is 135 cm³/mol. The minimum atomic E-state index is 0. The number of hydrogen-bond donors (Lipinski definition) is 1. The van der Waals surface area contributed by atoms with Gasteiger partial charge in [0.15, 0.2) is 0 Å². The van der Waals surface area contributed by atoms with E-state index in [1.807, 2.05) is 5.01 Å². The lowest BCUT2D eigenvalue weighted by Crippen LogP contribution is -3.00. The second kappa shape index (κ2) is 20.6. The molecule has 0 aromatic carbocycles. The minimum Gasteiger partial charge on any atom is -1.00 e. The quantitative estimate of drug-likeness (QED) is 0.199. The molecule has 0 unspecified atom stereocenters. The summed E-state index contributed by atoms with van der Waals surface area (Å²) in [6, 6.07) is 0. The standard InChI is InChI=1S/C27H53N3O2.ClH/c1-4-5-6-7-8-9-10-11-12-13-14-15-16-17-18-21-26(31)28-23-20-25-30(2,3)29-24-19-22-27(29)32;/h4-25H2,1-3H3;1H. The molecule has 0 aliphatic carbocycles. The molecule has 1 fully saturated rings. The number of carbonyl (C=O) groups excluding carboxylic acids is 2. The Labute approximate surface area is 211 Å². The van der Waals surface area contributed by atoms with Gasteiger partial charge in [0.2, 0.25) is 5.91 Å². The first kappa shape index (κ1) is 32.2. The fourth-order valence-corrected chi connectivity index (χ4v) is 4.77. The Bertz CT molecular complexity index is 500. The van der Waals surface area contributed by atoms with Crippen LogP contribution in [0.2, 0.25) is 0 Å². The van der Waals surface area contributed by atoms with Gasteiger partial charge in [-0.05, 0) is 12.8 Å². The van der Waals surface area contributed by atoms with Crippen LogP contribution in [-0.2, 0) is 9.59 Å². The molecular weight excluding hydrogens is 434 g/mol. The zero-order valence-corrected chi connectivity index (χ0v) is 22.9. The molecule has 1 heterocycles. The van der Waals surface area contributed by atoms with E-state index in [1.165, 1.54) is 89.9 Å². The van der Waals surface area contributed by atoms with Gasteiger partial charge in [0.1, 0.15) is 6.54 Å². The zero-order chi connectivity index (χ0) is 23.5. The van der Waals surface area contributed by atoms with Crippen molar-refractivity contribution in [1.29, 1.82) is 0 Å². The normalized spacial score (nSPS) is 13.9. The number of carbonyl (C=O) groups is 2. The van der Waals surface area contributed by atoms with Crippen LogP contribution in [0.25, 0.3) is 0 Å². The Morgan fingerprint density at radius 2 is 1.30 bits per heavy atom. The van der Waals surface area contributed by atoms with E-state index in [0.29, 0.717) is 24.0 Å². The SMILES string of the molecule is CCCCCCCCCCCCCCCCCC(=O)NCCC[N+](C)(C)N1CCCC1=O.[Cl-]. The van der Waals surface area contributed by atoms with Gasteiger partial charge in [-0.15, -0.1) is 0 Å². The summed E-state index contributed by atoms with van der Waals surface area (Å²) in [5.41, 5.74) is 0. The van der Waals surface area contributed by atoms with E-state index < -0.39 is 0 Å². The maximum absolute atomic E-state index is 12.0. The van der Waals surface area contributed by atoms with E-state index in [9.17, 15) is 9.59 Å². The summed E-state index contributed by atoms with van der Waals surface area (Å²) in [5.74, 6) is 0.439. The Balaban J connectivity index is 0.0000102. The number of nitrogens with zero attached hydrogens (tertiary/aromatic N) is 2. The van der Waals surface area contributed by atoms with Crippen LogP contribution < -0.4 is 17.7 Å². The minimum absolute atomic E-state index is 0. The molecule has 33 heavy (non-hydrogen) atoms. The molecule has 1 aliphatic heterocycles. The third-order valence-corrected chi connectivity index (χ3v) is 6.91. The summed E-state index contributed by atoms with van der Waals surface area (Å²) in [7, 11) is 4.17. The average molecular weight is 488 g/mol. The van der Waals surface area contributed by atoms with Crippen molar-refractivity contribution >= 4 is 11.8 Å². The Morgan fingerprint density at radius 1 is 0.818 bits per heavy atom. The van der Waals surface area contributed by atoms with Crippen molar-refractivity contribution in [3.8, 4) is 0 Å². The molecule has 0 bridgehead atoms. The molecule has 5 nitrogen and oxygen atoms in total. The van der Waals surface area contributed by atoms with Gasteiger partial charge >= 0.3 is 0 Å². The highest BCUT2D eigenvalue weighted by Gasteiger charge is 2.33. The van der Waals surface area contributed by atoms with Gasteiger partial charge < -0.3 is 17.7 Å². The van der Waals surface area contributed by atoms with Crippen LogP contribution in [0.3, 0.4) is 0 Å². The van der Waals surface area contributed by atoms with Crippen molar-refractivity contribution in [3.05, 3.63) is 0 Å². The summed E-state index contributed by atoms with van der Waals surface area (Å²) < 4.78 is 0.605. The van der Waals surface area contributed by atoms with E-state index in [4.69, 9.17) is 0 Å². The molecule has 1 aliphatic rings. The third-order valence-electron chi connectivity index (χ3n) is 6.91. The van der Waals surface area contributed by atoms with Gasteiger partial charge in [0.05, 0.1) is 20.6 Å². The van der Waals surface area contributed by atoms with Crippen LogP contribution in [0.4, 0.5) is 0 Å². The second-order valence-electron chi connectivity index (χ2n) is 10.4. The molecule has 2 amide bonds. The number of rotatable bonds is 21. The van der Waals surface area contributed by atoms with Crippen LogP contribution in [0.15, 0.2) is 0 Å².